The predicted octanol–water partition coefficient (Wildman–Crippen LogP) is 4.78. The first kappa shape index (κ1) is 15.5. The van der Waals surface area contributed by atoms with Crippen molar-refractivity contribution in [3.63, 3.8) is 0 Å². The Morgan fingerprint density at radius 3 is 2.52 bits per heavy atom. The molecule has 2 N–H and O–H groups in total. The van der Waals surface area contributed by atoms with Crippen molar-refractivity contribution in [1.29, 1.82) is 0 Å². The van der Waals surface area contributed by atoms with Gasteiger partial charge in [0, 0.05) is 10.2 Å². The van der Waals surface area contributed by atoms with Gasteiger partial charge in [0.2, 0.25) is 0 Å². The number of nitrogens with one attached hydrogen (secondary N) is 2. The molecule has 0 saturated heterocycles. The van der Waals surface area contributed by atoms with Crippen molar-refractivity contribution < 1.29 is 9.18 Å². The SMILES string of the molecule is Cc1ccc(F)cc1NC(=O)NC(C)c1ccc(Br)cc1. The van der Waals surface area contributed by atoms with E-state index in [2.05, 4.69) is 26.6 Å². The Morgan fingerprint density at radius 2 is 1.86 bits per heavy atom. The summed E-state index contributed by atoms with van der Waals surface area (Å²) in [5.74, 6) is -0.378. The first-order valence-corrected chi connectivity index (χ1v) is 7.34. The Labute approximate surface area is 131 Å². The number of rotatable bonds is 3. The van der Waals surface area contributed by atoms with Crippen LogP contribution >= 0.6 is 15.9 Å². The second-order valence-corrected chi connectivity index (χ2v) is 5.75. The molecule has 2 aromatic rings. The largest absolute Gasteiger partial charge is 0.331 e. The molecule has 0 radical (unpaired) electrons. The van der Waals surface area contributed by atoms with Gasteiger partial charge in [-0.3, -0.25) is 0 Å². The van der Waals surface area contributed by atoms with Crippen molar-refractivity contribution in [3.8, 4) is 0 Å². The van der Waals surface area contributed by atoms with E-state index in [1.165, 1.54) is 12.1 Å². The molecule has 5 heteroatoms. The van der Waals surface area contributed by atoms with Crippen molar-refractivity contribution in [1.82, 2.24) is 5.32 Å². The van der Waals surface area contributed by atoms with E-state index in [1.807, 2.05) is 38.1 Å². The molecule has 21 heavy (non-hydrogen) atoms. The van der Waals surface area contributed by atoms with Crippen molar-refractivity contribution >= 4 is 27.6 Å². The van der Waals surface area contributed by atoms with E-state index in [0.717, 1.165) is 15.6 Å². The van der Waals surface area contributed by atoms with Gasteiger partial charge in [-0.1, -0.05) is 34.1 Å². The lowest BCUT2D eigenvalue weighted by molar-refractivity contribution is 0.249. The molecular formula is C16H16BrFN2O. The van der Waals surface area contributed by atoms with Crippen LogP contribution < -0.4 is 10.6 Å². The standard InChI is InChI=1S/C16H16BrFN2O/c1-10-3-8-14(18)9-15(10)20-16(21)19-11(2)12-4-6-13(17)7-5-12/h3-9,11H,1-2H3,(H2,19,20,21). The molecule has 1 unspecified atom stereocenters. The number of carbonyl (C=O) groups is 1. The Kier molecular flexibility index (Phi) is 4.96. The van der Waals surface area contributed by atoms with E-state index in [1.54, 1.807) is 6.07 Å². The van der Waals surface area contributed by atoms with Crippen molar-refractivity contribution in [2.45, 2.75) is 19.9 Å². The van der Waals surface area contributed by atoms with Crippen molar-refractivity contribution in [2.75, 3.05) is 5.32 Å². The highest BCUT2D eigenvalue weighted by Gasteiger charge is 2.10. The van der Waals surface area contributed by atoms with Gasteiger partial charge >= 0.3 is 6.03 Å². The Balaban J connectivity index is 2.01. The number of hydrogen-bond acceptors (Lipinski definition) is 1. The lowest BCUT2D eigenvalue weighted by Crippen LogP contribution is -2.31. The highest BCUT2D eigenvalue weighted by atomic mass is 79.9. The zero-order valence-electron chi connectivity index (χ0n) is 11.8. The quantitative estimate of drug-likeness (QED) is 0.821. The molecule has 0 aliphatic rings. The van der Waals surface area contributed by atoms with Gasteiger partial charge in [-0.2, -0.15) is 0 Å². The van der Waals surface area contributed by atoms with Crippen molar-refractivity contribution in [2.24, 2.45) is 0 Å². The van der Waals surface area contributed by atoms with Gasteiger partial charge in [0.25, 0.3) is 0 Å². The molecule has 2 amide bonds. The number of urea groups is 1. The number of hydrogen-bond donors (Lipinski definition) is 2. The van der Waals surface area contributed by atoms with Gasteiger partial charge in [0.15, 0.2) is 0 Å². The average Bonchev–Trinajstić information content (AvgIpc) is 2.43. The fraction of sp³-hybridized carbons (Fsp3) is 0.188. The summed E-state index contributed by atoms with van der Waals surface area (Å²) in [5.41, 5.74) is 2.27. The van der Waals surface area contributed by atoms with Gasteiger partial charge in [-0.05, 0) is 49.2 Å². The first-order chi connectivity index (χ1) is 9.95. The fourth-order valence-electron chi connectivity index (χ4n) is 1.92. The second-order valence-electron chi connectivity index (χ2n) is 4.83. The minimum absolute atomic E-state index is 0.146. The second kappa shape index (κ2) is 6.72. The van der Waals surface area contributed by atoms with Crippen LogP contribution in [0.2, 0.25) is 0 Å². The van der Waals surface area contributed by atoms with E-state index in [0.29, 0.717) is 5.69 Å². The fourth-order valence-corrected chi connectivity index (χ4v) is 2.18. The molecule has 2 aromatic carbocycles. The number of benzene rings is 2. The van der Waals surface area contributed by atoms with E-state index in [4.69, 9.17) is 0 Å². The molecule has 2 rings (SSSR count). The first-order valence-electron chi connectivity index (χ1n) is 6.55. The maximum atomic E-state index is 13.2. The summed E-state index contributed by atoms with van der Waals surface area (Å²) in [4.78, 5) is 12.0. The predicted molar refractivity (Wildman–Crippen MR) is 85.8 cm³/mol. The monoisotopic (exact) mass is 350 g/mol. The van der Waals surface area contributed by atoms with Gasteiger partial charge in [-0.15, -0.1) is 0 Å². The molecular weight excluding hydrogens is 335 g/mol. The molecule has 1 atom stereocenters. The molecule has 0 aromatic heterocycles. The molecule has 0 spiro atoms. The van der Waals surface area contributed by atoms with E-state index in [9.17, 15) is 9.18 Å². The molecule has 0 saturated carbocycles. The number of amides is 2. The van der Waals surface area contributed by atoms with Crippen LogP contribution in [0.25, 0.3) is 0 Å². The summed E-state index contributed by atoms with van der Waals surface area (Å²) < 4.78 is 14.2. The van der Waals surface area contributed by atoms with Gasteiger partial charge in [0.05, 0.1) is 6.04 Å². The van der Waals surface area contributed by atoms with Gasteiger partial charge in [0.1, 0.15) is 5.82 Å². The van der Waals surface area contributed by atoms with E-state index >= 15 is 0 Å². The molecule has 0 fully saturated rings. The van der Waals surface area contributed by atoms with Crippen LogP contribution in [0.1, 0.15) is 24.1 Å². The summed E-state index contributed by atoms with van der Waals surface area (Å²) in [7, 11) is 0. The lowest BCUT2D eigenvalue weighted by Gasteiger charge is -2.16. The van der Waals surface area contributed by atoms with Crippen LogP contribution in [0, 0.1) is 12.7 Å². The minimum Gasteiger partial charge on any atom is -0.331 e. The molecule has 0 bridgehead atoms. The maximum absolute atomic E-state index is 13.2. The third kappa shape index (κ3) is 4.29. The molecule has 3 nitrogen and oxygen atoms in total. The van der Waals surface area contributed by atoms with Gasteiger partial charge < -0.3 is 10.6 Å². The normalized spacial score (nSPS) is 11.8. The number of anilines is 1. The zero-order valence-corrected chi connectivity index (χ0v) is 13.4. The minimum atomic E-state index is -0.378. The van der Waals surface area contributed by atoms with E-state index in [-0.39, 0.29) is 17.9 Å². The van der Waals surface area contributed by atoms with E-state index < -0.39 is 0 Å². The van der Waals surface area contributed by atoms with Gasteiger partial charge in [-0.25, -0.2) is 9.18 Å². The number of carbonyl (C=O) groups excluding carboxylic acids is 1. The number of aryl methyl sites for hydroxylation is 1. The Hall–Kier alpha value is -1.88. The third-order valence-electron chi connectivity index (χ3n) is 3.17. The molecule has 110 valence electrons. The van der Waals surface area contributed by atoms with Crippen LogP contribution in [0.3, 0.4) is 0 Å². The third-order valence-corrected chi connectivity index (χ3v) is 3.69. The molecule has 0 aliphatic carbocycles. The summed E-state index contributed by atoms with van der Waals surface area (Å²) >= 11 is 3.37. The smallest absolute Gasteiger partial charge is 0.319 e. The Bertz CT molecular complexity index is 643. The lowest BCUT2D eigenvalue weighted by atomic mass is 10.1. The highest BCUT2D eigenvalue weighted by Crippen LogP contribution is 2.18. The summed E-state index contributed by atoms with van der Waals surface area (Å²) in [6.45, 7) is 3.70. The number of halogens is 2. The topological polar surface area (TPSA) is 41.1 Å². The average molecular weight is 351 g/mol. The maximum Gasteiger partial charge on any atom is 0.319 e. The molecule has 0 heterocycles. The highest BCUT2D eigenvalue weighted by molar-refractivity contribution is 9.10. The van der Waals surface area contributed by atoms with Crippen LogP contribution in [0.15, 0.2) is 46.9 Å². The summed E-state index contributed by atoms with van der Waals surface area (Å²) in [6, 6.07) is 11.5. The van der Waals surface area contributed by atoms with Crippen molar-refractivity contribution in [3.05, 3.63) is 63.9 Å². The Morgan fingerprint density at radius 1 is 1.19 bits per heavy atom. The van der Waals surface area contributed by atoms with Crippen LogP contribution in [0.5, 0.6) is 0 Å². The van der Waals surface area contributed by atoms with Crippen LogP contribution in [-0.4, -0.2) is 6.03 Å². The van der Waals surface area contributed by atoms with Crippen LogP contribution in [0.4, 0.5) is 14.9 Å². The molecule has 0 aliphatic heterocycles. The summed E-state index contributed by atoms with van der Waals surface area (Å²) in [6.07, 6.45) is 0. The zero-order chi connectivity index (χ0) is 15.4. The van der Waals surface area contributed by atoms with Crippen LogP contribution in [-0.2, 0) is 0 Å². The summed E-state index contributed by atoms with van der Waals surface area (Å²) in [5, 5.41) is 5.49.